The molecule has 0 aliphatic carbocycles. The first-order valence-electron chi connectivity index (χ1n) is 7.64. The Morgan fingerprint density at radius 1 is 1.05 bits per heavy atom. The maximum absolute atomic E-state index is 5.40. The molecule has 5 nitrogen and oxygen atoms in total. The topological polar surface area (TPSA) is 50.3 Å². The maximum atomic E-state index is 5.40. The van der Waals surface area contributed by atoms with Crippen molar-refractivity contribution in [3.63, 3.8) is 0 Å². The fourth-order valence-corrected chi connectivity index (χ4v) is 2.66. The van der Waals surface area contributed by atoms with Gasteiger partial charge in [0.2, 0.25) is 0 Å². The highest BCUT2D eigenvalue weighted by Crippen LogP contribution is 2.23. The maximum Gasteiger partial charge on any atom is 0.136 e. The van der Waals surface area contributed by atoms with Crippen LogP contribution >= 0.6 is 0 Å². The Morgan fingerprint density at radius 3 is 2.55 bits per heavy atom. The smallest absolute Gasteiger partial charge is 0.136 e. The molecule has 22 heavy (non-hydrogen) atoms. The Morgan fingerprint density at radius 2 is 1.82 bits per heavy atom. The van der Waals surface area contributed by atoms with Crippen molar-refractivity contribution < 1.29 is 4.74 Å². The predicted octanol–water partition coefficient (Wildman–Crippen LogP) is 2.98. The number of nitrogens with one attached hydrogen (secondary N) is 1. The van der Waals surface area contributed by atoms with Crippen molar-refractivity contribution in [3.05, 3.63) is 41.2 Å². The van der Waals surface area contributed by atoms with Crippen molar-refractivity contribution in [3.8, 4) is 0 Å². The molecule has 0 amide bonds. The first kappa shape index (κ1) is 14.8. The van der Waals surface area contributed by atoms with E-state index in [9.17, 15) is 0 Å². The quantitative estimate of drug-likeness (QED) is 0.944. The number of hydrogen-bond acceptors (Lipinski definition) is 5. The number of nitrogens with zero attached hydrogens (tertiary/aromatic N) is 3. The summed E-state index contributed by atoms with van der Waals surface area (Å²) < 4.78 is 5.40. The van der Waals surface area contributed by atoms with Gasteiger partial charge in [0.1, 0.15) is 17.5 Å². The standard InChI is InChI=1S/C17H22N4O/c1-12-4-5-15(13(2)10-12)20-16-11-17(19-14(3)18-16)21-6-8-22-9-7-21/h4-5,10-11H,6-9H2,1-3H3,(H,18,19,20). The molecule has 1 saturated heterocycles. The summed E-state index contributed by atoms with van der Waals surface area (Å²) in [5, 5.41) is 3.41. The third-order valence-corrected chi connectivity index (χ3v) is 3.80. The molecule has 0 saturated carbocycles. The number of rotatable bonds is 3. The Bertz CT molecular complexity index is 666. The highest BCUT2D eigenvalue weighted by molar-refractivity contribution is 5.63. The molecule has 1 aliphatic rings. The predicted molar refractivity (Wildman–Crippen MR) is 89.0 cm³/mol. The number of benzene rings is 1. The monoisotopic (exact) mass is 298 g/mol. The van der Waals surface area contributed by atoms with Crippen molar-refractivity contribution in [1.29, 1.82) is 0 Å². The van der Waals surface area contributed by atoms with E-state index in [0.717, 1.165) is 49.5 Å². The summed E-state index contributed by atoms with van der Waals surface area (Å²) in [6.07, 6.45) is 0. The Labute approximate surface area is 131 Å². The van der Waals surface area contributed by atoms with Crippen molar-refractivity contribution in [1.82, 2.24) is 9.97 Å². The SMILES string of the molecule is Cc1ccc(Nc2cc(N3CCOCC3)nc(C)n2)c(C)c1. The van der Waals surface area contributed by atoms with Crippen LogP contribution in [0.5, 0.6) is 0 Å². The second-order valence-corrected chi connectivity index (χ2v) is 5.70. The van der Waals surface area contributed by atoms with Crippen molar-refractivity contribution in [2.45, 2.75) is 20.8 Å². The number of anilines is 3. The number of hydrogen-bond donors (Lipinski definition) is 1. The molecular weight excluding hydrogens is 276 g/mol. The van der Waals surface area contributed by atoms with Gasteiger partial charge >= 0.3 is 0 Å². The average Bonchev–Trinajstić information content (AvgIpc) is 2.50. The second kappa shape index (κ2) is 6.32. The average molecular weight is 298 g/mol. The molecule has 1 fully saturated rings. The van der Waals surface area contributed by atoms with Gasteiger partial charge in [-0.3, -0.25) is 0 Å². The molecule has 2 heterocycles. The lowest BCUT2D eigenvalue weighted by molar-refractivity contribution is 0.122. The molecule has 0 spiro atoms. The molecule has 3 rings (SSSR count). The van der Waals surface area contributed by atoms with Crippen LogP contribution in [0, 0.1) is 20.8 Å². The van der Waals surface area contributed by atoms with Gasteiger partial charge in [-0.1, -0.05) is 17.7 Å². The number of morpholine rings is 1. The highest BCUT2D eigenvalue weighted by atomic mass is 16.5. The summed E-state index contributed by atoms with van der Waals surface area (Å²) in [4.78, 5) is 11.3. The minimum absolute atomic E-state index is 0.753. The molecule has 1 N–H and O–H groups in total. The van der Waals surface area contributed by atoms with Gasteiger partial charge in [-0.15, -0.1) is 0 Å². The van der Waals surface area contributed by atoms with E-state index in [-0.39, 0.29) is 0 Å². The highest BCUT2D eigenvalue weighted by Gasteiger charge is 2.14. The minimum Gasteiger partial charge on any atom is -0.378 e. The summed E-state index contributed by atoms with van der Waals surface area (Å²) in [6, 6.07) is 8.37. The summed E-state index contributed by atoms with van der Waals surface area (Å²) >= 11 is 0. The summed E-state index contributed by atoms with van der Waals surface area (Å²) in [5.41, 5.74) is 3.55. The van der Waals surface area contributed by atoms with Gasteiger partial charge in [0.15, 0.2) is 0 Å². The third kappa shape index (κ3) is 3.36. The van der Waals surface area contributed by atoms with Crippen LogP contribution in [-0.4, -0.2) is 36.3 Å². The molecule has 0 atom stereocenters. The fraction of sp³-hybridized carbons (Fsp3) is 0.412. The first-order valence-corrected chi connectivity index (χ1v) is 7.64. The van der Waals surface area contributed by atoms with Crippen molar-refractivity contribution in [2.24, 2.45) is 0 Å². The van der Waals surface area contributed by atoms with E-state index in [1.54, 1.807) is 0 Å². The Hall–Kier alpha value is -2.14. The zero-order chi connectivity index (χ0) is 15.5. The zero-order valence-corrected chi connectivity index (χ0v) is 13.4. The number of ether oxygens (including phenoxy) is 1. The number of aromatic nitrogens is 2. The van der Waals surface area contributed by atoms with Gasteiger partial charge < -0.3 is 15.0 Å². The first-order chi connectivity index (χ1) is 10.6. The van der Waals surface area contributed by atoms with Crippen LogP contribution in [0.2, 0.25) is 0 Å². The molecule has 1 aromatic carbocycles. The third-order valence-electron chi connectivity index (χ3n) is 3.80. The van der Waals surface area contributed by atoms with Crippen LogP contribution in [-0.2, 0) is 4.74 Å². The molecule has 0 unspecified atom stereocenters. The van der Waals surface area contributed by atoms with Gasteiger partial charge in [0, 0.05) is 24.8 Å². The van der Waals surface area contributed by atoms with Crippen molar-refractivity contribution >= 4 is 17.3 Å². The van der Waals surface area contributed by atoms with Gasteiger partial charge in [-0.2, -0.15) is 0 Å². The lowest BCUT2D eigenvalue weighted by Crippen LogP contribution is -2.36. The minimum atomic E-state index is 0.753. The van der Waals surface area contributed by atoms with Crippen LogP contribution in [0.15, 0.2) is 24.3 Å². The molecule has 1 aromatic heterocycles. The van der Waals surface area contributed by atoms with E-state index in [0.29, 0.717) is 0 Å². The number of aryl methyl sites for hydroxylation is 3. The van der Waals surface area contributed by atoms with Crippen molar-refractivity contribution in [2.75, 3.05) is 36.5 Å². The molecule has 116 valence electrons. The molecule has 1 aliphatic heterocycles. The zero-order valence-electron chi connectivity index (χ0n) is 13.4. The molecule has 0 radical (unpaired) electrons. The Kier molecular flexibility index (Phi) is 4.24. The molecule has 5 heteroatoms. The van der Waals surface area contributed by atoms with Gasteiger partial charge in [0.25, 0.3) is 0 Å². The van der Waals surface area contributed by atoms with Gasteiger partial charge in [0.05, 0.1) is 13.2 Å². The van der Waals surface area contributed by atoms with Crippen LogP contribution < -0.4 is 10.2 Å². The summed E-state index contributed by atoms with van der Waals surface area (Å²) in [5.74, 6) is 2.57. The molecular formula is C17H22N4O. The van der Waals surface area contributed by atoms with Crippen LogP contribution in [0.4, 0.5) is 17.3 Å². The van der Waals surface area contributed by atoms with E-state index < -0.39 is 0 Å². The molecule has 0 bridgehead atoms. The summed E-state index contributed by atoms with van der Waals surface area (Å²) in [6.45, 7) is 9.39. The van der Waals surface area contributed by atoms with Crippen LogP contribution in [0.1, 0.15) is 17.0 Å². The van der Waals surface area contributed by atoms with Crippen LogP contribution in [0.25, 0.3) is 0 Å². The van der Waals surface area contributed by atoms with Gasteiger partial charge in [-0.05, 0) is 32.4 Å². The largest absolute Gasteiger partial charge is 0.378 e. The fourth-order valence-electron chi connectivity index (χ4n) is 2.66. The van der Waals surface area contributed by atoms with Crippen LogP contribution in [0.3, 0.4) is 0 Å². The van der Waals surface area contributed by atoms with E-state index >= 15 is 0 Å². The van der Waals surface area contributed by atoms with E-state index in [4.69, 9.17) is 4.74 Å². The molecule has 2 aromatic rings. The van der Waals surface area contributed by atoms with E-state index in [1.165, 1.54) is 11.1 Å². The lowest BCUT2D eigenvalue weighted by atomic mass is 10.1. The summed E-state index contributed by atoms with van der Waals surface area (Å²) in [7, 11) is 0. The second-order valence-electron chi connectivity index (χ2n) is 5.70. The van der Waals surface area contributed by atoms with Gasteiger partial charge in [-0.25, -0.2) is 9.97 Å². The van der Waals surface area contributed by atoms with E-state index in [1.807, 2.05) is 13.0 Å². The normalized spacial score (nSPS) is 15.0. The Balaban J connectivity index is 1.85. The van der Waals surface area contributed by atoms with E-state index in [2.05, 4.69) is 52.2 Å². The lowest BCUT2D eigenvalue weighted by Gasteiger charge is -2.28.